The highest BCUT2D eigenvalue weighted by molar-refractivity contribution is 7.90. The number of rotatable bonds is 3. The molecule has 1 aromatic rings. The second-order valence-corrected chi connectivity index (χ2v) is 5.18. The van der Waals surface area contributed by atoms with Crippen molar-refractivity contribution >= 4 is 15.6 Å². The molecule has 1 aromatic carbocycles. The van der Waals surface area contributed by atoms with Crippen LogP contribution in [0.5, 0.6) is 0 Å². The van der Waals surface area contributed by atoms with E-state index in [4.69, 9.17) is 0 Å². The molecule has 3 nitrogen and oxygen atoms in total. The summed E-state index contributed by atoms with van der Waals surface area (Å²) in [6.45, 7) is 1.66. The zero-order valence-electron chi connectivity index (χ0n) is 8.45. The Hall–Kier alpha value is -1.23. The quantitative estimate of drug-likeness (QED) is 0.744. The molecule has 0 N–H and O–H groups in total. The second-order valence-electron chi connectivity index (χ2n) is 3.19. The van der Waals surface area contributed by atoms with E-state index < -0.39 is 20.5 Å². The largest absolute Gasteiger partial charge is 0.294 e. The molecule has 0 aromatic heterocycles. The van der Waals surface area contributed by atoms with E-state index in [1.807, 2.05) is 0 Å². The molecule has 5 heteroatoms. The van der Waals surface area contributed by atoms with Gasteiger partial charge in [-0.25, -0.2) is 12.8 Å². The molecule has 0 saturated carbocycles. The Kier molecular flexibility index (Phi) is 3.24. The van der Waals surface area contributed by atoms with Crippen molar-refractivity contribution in [3.63, 3.8) is 0 Å². The number of hydrogen-bond donors (Lipinski definition) is 0. The van der Waals surface area contributed by atoms with Crippen LogP contribution in [0.15, 0.2) is 23.1 Å². The zero-order chi connectivity index (χ0) is 11.6. The van der Waals surface area contributed by atoms with Gasteiger partial charge < -0.3 is 0 Å². The van der Waals surface area contributed by atoms with E-state index in [9.17, 15) is 17.6 Å². The van der Waals surface area contributed by atoms with Crippen molar-refractivity contribution < 1.29 is 17.6 Å². The van der Waals surface area contributed by atoms with Crippen LogP contribution in [-0.2, 0) is 9.84 Å². The lowest BCUT2D eigenvalue weighted by Crippen LogP contribution is -2.04. The van der Waals surface area contributed by atoms with Crippen molar-refractivity contribution in [3.8, 4) is 0 Å². The molecule has 82 valence electrons. The van der Waals surface area contributed by atoms with E-state index in [-0.39, 0.29) is 17.8 Å². The Balaban J connectivity index is 3.36. The SMILES string of the molecule is CCC(=O)c1ccc(F)c(S(C)(=O)=O)c1. The van der Waals surface area contributed by atoms with Crippen molar-refractivity contribution in [2.24, 2.45) is 0 Å². The van der Waals surface area contributed by atoms with Gasteiger partial charge in [0.25, 0.3) is 0 Å². The summed E-state index contributed by atoms with van der Waals surface area (Å²) in [6, 6.07) is 3.37. The van der Waals surface area contributed by atoms with Gasteiger partial charge in [0, 0.05) is 18.2 Å². The Labute approximate surface area is 87.8 Å². The van der Waals surface area contributed by atoms with Crippen LogP contribution in [0.3, 0.4) is 0 Å². The number of ketones is 1. The molecule has 0 amide bonds. The molecule has 0 radical (unpaired) electrons. The molecule has 1 rings (SSSR count). The fraction of sp³-hybridized carbons (Fsp3) is 0.300. The maximum absolute atomic E-state index is 13.1. The van der Waals surface area contributed by atoms with Crippen LogP contribution in [0.25, 0.3) is 0 Å². The van der Waals surface area contributed by atoms with E-state index in [0.717, 1.165) is 18.4 Å². The van der Waals surface area contributed by atoms with Crippen molar-refractivity contribution in [1.29, 1.82) is 0 Å². The van der Waals surface area contributed by atoms with Gasteiger partial charge in [0.05, 0.1) is 0 Å². The summed E-state index contributed by atoms with van der Waals surface area (Å²) in [5, 5.41) is 0. The summed E-state index contributed by atoms with van der Waals surface area (Å²) in [6.07, 6.45) is 1.17. The highest BCUT2D eigenvalue weighted by Gasteiger charge is 2.15. The summed E-state index contributed by atoms with van der Waals surface area (Å²) in [5.74, 6) is -1.04. The molecule has 0 unspecified atom stereocenters. The Morgan fingerprint density at radius 1 is 1.40 bits per heavy atom. The average molecular weight is 230 g/mol. The lowest BCUT2D eigenvalue weighted by Gasteiger charge is -2.03. The minimum atomic E-state index is -3.62. The van der Waals surface area contributed by atoms with Crippen molar-refractivity contribution in [1.82, 2.24) is 0 Å². The number of Topliss-reactive ketones (excluding diaryl/α,β-unsaturated/α-hetero) is 1. The highest BCUT2D eigenvalue weighted by atomic mass is 32.2. The van der Waals surface area contributed by atoms with Crippen LogP contribution in [-0.4, -0.2) is 20.5 Å². The van der Waals surface area contributed by atoms with Crippen molar-refractivity contribution in [2.45, 2.75) is 18.2 Å². The van der Waals surface area contributed by atoms with E-state index >= 15 is 0 Å². The van der Waals surface area contributed by atoms with Crippen LogP contribution in [0, 0.1) is 5.82 Å². The minimum absolute atomic E-state index is 0.208. The second kappa shape index (κ2) is 4.10. The number of carbonyl (C=O) groups is 1. The number of sulfone groups is 1. The van der Waals surface area contributed by atoms with Crippen LogP contribution < -0.4 is 0 Å². The summed E-state index contributed by atoms with van der Waals surface area (Å²) in [7, 11) is -3.62. The standard InChI is InChI=1S/C10H11FO3S/c1-3-9(12)7-4-5-8(11)10(6-7)15(2,13)14/h4-6H,3H2,1-2H3. The Bertz CT molecular complexity index is 491. The first kappa shape index (κ1) is 11.8. The first-order chi connectivity index (χ1) is 6.86. The summed E-state index contributed by atoms with van der Waals surface area (Å²) in [4.78, 5) is 10.9. The number of hydrogen-bond acceptors (Lipinski definition) is 3. The van der Waals surface area contributed by atoms with Gasteiger partial charge >= 0.3 is 0 Å². The molecule has 0 bridgehead atoms. The molecule has 0 fully saturated rings. The molecule has 0 saturated heterocycles. The summed E-state index contributed by atoms with van der Waals surface area (Å²) < 4.78 is 35.5. The maximum Gasteiger partial charge on any atom is 0.178 e. The number of carbonyl (C=O) groups excluding carboxylic acids is 1. The zero-order valence-corrected chi connectivity index (χ0v) is 9.27. The first-order valence-electron chi connectivity index (χ1n) is 4.39. The smallest absolute Gasteiger partial charge is 0.178 e. The van der Waals surface area contributed by atoms with Gasteiger partial charge in [0.15, 0.2) is 15.6 Å². The molecule has 15 heavy (non-hydrogen) atoms. The van der Waals surface area contributed by atoms with Gasteiger partial charge in [-0.1, -0.05) is 6.92 Å². The third kappa shape index (κ3) is 2.62. The van der Waals surface area contributed by atoms with Crippen molar-refractivity contribution in [3.05, 3.63) is 29.6 Å². The van der Waals surface area contributed by atoms with Gasteiger partial charge in [-0.2, -0.15) is 0 Å². The van der Waals surface area contributed by atoms with Crippen molar-refractivity contribution in [2.75, 3.05) is 6.26 Å². The fourth-order valence-electron chi connectivity index (χ4n) is 1.17. The van der Waals surface area contributed by atoms with Crippen LogP contribution in [0.2, 0.25) is 0 Å². The topological polar surface area (TPSA) is 51.2 Å². The van der Waals surface area contributed by atoms with Gasteiger partial charge in [-0.15, -0.1) is 0 Å². The van der Waals surface area contributed by atoms with E-state index in [1.165, 1.54) is 6.07 Å². The third-order valence-electron chi connectivity index (χ3n) is 1.97. The Morgan fingerprint density at radius 2 is 2.00 bits per heavy atom. The molecule has 0 heterocycles. The highest BCUT2D eigenvalue weighted by Crippen LogP contribution is 2.17. The fourth-order valence-corrected chi connectivity index (χ4v) is 1.93. The molecule has 0 aliphatic carbocycles. The lowest BCUT2D eigenvalue weighted by molar-refractivity contribution is 0.0988. The Morgan fingerprint density at radius 3 is 2.47 bits per heavy atom. The first-order valence-corrected chi connectivity index (χ1v) is 6.28. The molecular formula is C10H11FO3S. The molecule has 0 aliphatic rings. The van der Waals surface area contributed by atoms with Crippen LogP contribution in [0.4, 0.5) is 4.39 Å². The number of halogens is 1. The predicted octanol–water partition coefficient (Wildman–Crippen LogP) is 1.82. The summed E-state index contributed by atoms with van der Waals surface area (Å²) in [5.41, 5.74) is 0.222. The van der Waals surface area contributed by atoms with Gasteiger partial charge in [-0.05, 0) is 18.2 Å². The minimum Gasteiger partial charge on any atom is -0.294 e. The predicted molar refractivity (Wildman–Crippen MR) is 54.1 cm³/mol. The van der Waals surface area contributed by atoms with E-state index in [2.05, 4.69) is 0 Å². The summed E-state index contributed by atoms with van der Waals surface area (Å²) >= 11 is 0. The molecule has 0 aliphatic heterocycles. The molecule has 0 spiro atoms. The van der Waals surface area contributed by atoms with Gasteiger partial charge in [0.1, 0.15) is 10.7 Å². The van der Waals surface area contributed by atoms with Gasteiger partial charge in [-0.3, -0.25) is 4.79 Å². The maximum atomic E-state index is 13.1. The van der Waals surface area contributed by atoms with E-state index in [0.29, 0.717) is 0 Å². The van der Waals surface area contributed by atoms with Gasteiger partial charge in [0.2, 0.25) is 0 Å². The molecule has 0 atom stereocenters. The number of benzene rings is 1. The average Bonchev–Trinajstić information content (AvgIpc) is 2.15. The van der Waals surface area contributed by atoms with E-state index in [1.54, 1.807) is 6.92 Å². The van der Waals surface area contributed by atoms with Crippen LogP contribution >= 0.6 is 0 Å². The lowest BCUT2D eigenvalue weighted by atomic mass is 10.1. The van der Waals surface area contributed by atoms with Crippen LogP contribution in [0.1, 0.15) is 23.7 Å². The third-order valence-corrected chi connectivity index (χ3v) is 3.09. The monoisotopic (exact) mass is 230 g/mol. The molecular weight excluding hydrogens is 219 g/mol. The normalized spacial score (nSPS) is 11.4.